The van der Waals surface area contributed by atoms with Crippen LogP contribution in [-0.2, 0) is 11.3 Å². The molecule has 0 fully saturated rings. The van der Waals surface area contributed by atoms with E-state index in [1.54, 1.807) is 18.8 Å². The topological polar surface area (TPSA) is 62.1 Å². The van der Waals surface area contributed by atoms with Crippen LogP contribution in [0.1, 0.15) is 0 Å². The fourth-order valence-electron chi connectivity index (χ4n) is 3.27. The second kappa shape index (κ2) is 8.94. The number of terminal acetylenes is 1. The normalized spacial score (nSPS) is 11.5. The molecular formula is C24H20N2O4S. The number of hydrogen-bond donors (Lipinski definition) is 0. The summed E-state index contributed by atoms with van der Waals surface area (Å²) < 4.78 is 19.1. The molecule has 156 valence electrons. The molecule has 0 aliphatic heterocycles. The van der Waals surface area contributed by atoms with E-state index >= 15 is 0 Å². The van der Waals surface area contributed by atoms with Crippen LogP contribution in [-0.4, -0.2) is 31.3 Å². The summed E-state index contributed by atoms with van der Waals surface area (Å²) in [6, 6.07) is 17.3. The zero-order chi connectivity index (χ0) is 21.8. The summed E-state index contributed by atoms with van der Waals surface area (Å²) in [4.78, 5) is 17.3. The summed E-state index contributed by atoms with van der Waals surface area (Å²) >= 11 is 1.35. The quantitative estimate of drug-likeness (QED) is 0.432. The van der Waals surface area contributed by atoms with E-state index in [1.807, 2.05) is 54.6 Å². The molecule has 4 aromatic rings. The first kappa shape index (κ1) is 20.5. The predicted molar refractivity (Wildman–Crippen MR) is 122 cm³/mol. The Bertz CT molecular complexity index is 1380. The molecule has 3 aromatic carbocycles. The van der Waals surface area contributed by atoms with Crippen molar-refractivity contribution in [2.75, 3.05) is 20.8 Å². The molecule has 0 aliphatic carbocycles. The highest BCUT2D eigenvalue weighted by Gasteiger charge is 2.13. The van der Waals surface area contributed by atoms with Gasteiger partial charge in [-0.2, -0.15) is 4.99 Å². The van der Waals surface area contributed by atoms with Crippen molar-refractivity contribution in [2.45, 2.75) is 6.54 Å². The maximum atomic E-state index is 12.5. The second-order valence-corrected chi connectivity index (χ2v) is 7.66. The molecule has 0 radical (unpaired) electrons. The first-order chi connectivity index (χ1) is 15.1. The number of rotatable bonds is 6. The molecule has 1 amide bonds. The molecule has 1 aromatic heterocycles. The Morgan fingerprint density at radius 2 is 1.81 bits per heavy atom. The van der Waals surface area contributed by atoms with Crippen LogP contribution in [0.15, 0.2) is 59.6 Å². The number of benzene rings is 3. The maximum Gasteiger partial charge on any atom is 0.286 e. The van der Waals surface area contributed by atoms with Crippen LogP contribution < -0.4 is 19.0 Å². The molecule has 31 heavy (non-hydrogen) atoms. The molecule has 0 spiro atoms. The molecule has 0 N–H and O–H groups in total. The van der Waals surface area contributed by atoms with Gasteiger partial charge in [-0.15, -0.1) is 6.42 Å². The third kappa shape index (κ3) is 4.25. The Labute approximate surface area is 183 Å². The fraction of sp³-hybridized carbons (Fsp3) is 0.167. The number of nitrogens with zero attached hydrogens (tertiary/aromatic N) is 2. The number of thiazole rings is 1. The van der Waals surface area contributed by atoms with Crippen molar-refractivity contribution >= 4 is 38.2 Å². The molecule has 6 nitrogen and oxygen atoms in total. The Morgan fingerprint density at radius 1 is 1.06 bits per heavy atom. The van der Waals surface area contributed by atoms with Crippen molar-refractivity contribution in [3.05, 3.63) is 59.4 Å². The number of methoxy groups -OCH3 is 2. The van der Waals surface area contributed by atoms with Crippen molar-refractivity contribution in [1.82, 2.24) is 4.57 Å². The van der Waals surface area contributed by atoms with Gasteiger partial charge in [0.2, 0.25) is 0 Å². The van der Waals surface area contributed by atoms with Gasteiger partial charge in [0.15, 0.2) is 22.9 Å². The number of amides is 1. The van der Waals surface area contributed by atoms with Crippen molar-refractivity contribution in [3.63, 3.8) is 0 Å². The van der Waals surface area contributed by atoms with Gasteiger partial charge in [-0.1, -0.05) is 47.6 Å². The van der Waals surface area contributed by atoms with Crippen molar-refractivity contribution < 1.29 is 19.0 Å². The minimum Gasteiger partial charge on any atom is -0.493 e. The molecule has 0 atom stereocenters. The molecule has 0 saturated heterocycles. The van der Waals surface area contributed by atoms with Crippen molar-refractivity contribution in [3.8, 4) is 29.6 Å². The van der Waals surface area contributed by atoms with Gasteiger partial charge >= 0.3 is 0 Å². The molecule has 7 heteroatoms. The number of ether oxygens (including phenoxy) is 3. The van der Waals surface area contributed by atoms with Crippen LogP contribution in [0.3, 0.4) is 0 Å². The van der Waals surface area contributed by atoms with Crippen LogP contribution >= 0.6 is 11.3 Å². The predicted octanol–water partition coefficient (Wildman–Crippen LogP) is 4.01. The Kier molecular flexibility index (Phi) is 5.92. The highest BCUT2D eigenvalue weighted by molar-refractivity contribution is 7.16. The van der Waals surface area contributed by atoms with E-state index in [2.05, 4.69) is 10.9 Å². The lowest BCUT2D eigenvalue weighted by Gasteiger charge is -2.08. The highest BCUT2D eigenvalue weighted by Crippen LogP contribution is 2.33. The summed E-state index contributed by atoms with van der Waals surface area (Å²) in [5.41, 5.74) is 0.822. The van der Waals surface area contributed by atoms with Gasteiger partial charge in [-0.3, -0.25) is 4.79 Å². The van der Waals surface area contributed by atoms with Gasteiger partial charge in [0.1, 0.15) is 5.75 Å². The SMILES string of the molecule is C#CCn1c(=NC(=O)COc2ccc3ccccc3c2)sc2cc(OC)c(OC)cc21. The Morgan fingerprint density at radius 3 is 2.55 bits per heavy atom. The van der Waals surface area contributed by atoms with E-state index in [0.717, 1.165) is 21.0 Å². The first-order valence-corrected chi connectivity index (χ1v) is 10.3. The summed E-state index contributed by atoms with van der Waals surface area (Å²) in [5, 5.41) is 2.15. The van der Waals surface area contributed by atoms with Crippen molar-refractivity contribution in [1.29, 1.82) is 0 Å². The maximum absolute atomic E-state index is 12.5. The van der Waals surface area contributed by atoms with Gasteiger partial charge in [0.05, 0.1) is 31.0 Å². The molecule has 0 unspecified atom stereocenters. The van der Waals surface area contributed by atoms with Gasteiger partial charge in [0.25, 0.3) is 5.91 Å². The van der Waals surface area contributed by atoms with Gasteiger partial charge in [-0.25, -0.2) is 0 Å². The molecule has 0 bridgehead atoms. The largest absolute Gasteiger partial charge is 0.493 e. The van der Waals surface area contributed by atoms with Gasteiger partial charge in [0, 0.05) is 12.1 Å². The fourth-order valence-corrected chi connectivity index (χ4v) is 4.32. The minimum atomic E-state index is -0.399. The zero-order valence-corrected chi connectivity index (χ0v) is 17.9. The Hall–Kier alpha value is -3.76. The van der Waals surface area contributed by atoms with Crippen LogP contribution in [0.5, 0.6) is 17.2 Å². The first-order valence-electron chi connectivity index (χ1n) is 9.51. The monoisotopic (exact) mass is 432 g/mol. The van der Waals surface area contributed by atoms with Gasteiger partial charge in [-0.05, 0) is 22.9 Å². The summed E-state index contributed by atoms with van der Waals surface area (Å²) in [5.74, 6) is 4.01. The Balaban J connectivity index is 1.63. The van der Waals surface area contributed by atoms with Crippen LogP contribution in [0.25, 0.3) is 21.0 Å². The van der Waals surface area contributed by atoms with Crippen LogP contribution in [0.2, 0.25) is 0 Å². The number of fused-ring (bicyclic) bond motifs is 2. The highest BCUT2D eigenvalue weighted by atomic mass is 32.1. The number of carbonyl (C=O) groups is 1. The number of aromatic nitrogens is 1. The lowest BCUT2D eigenvalue weighted by Crippen LogP contribution is -2.19. The summed E-state index contributed by atoms with van der Waals surface area (Å²) in [6.07, 6.45) is 5.54. The lowest BCUT2D eigenvalue weighted by molar-refractivity contribution is -0.120. The lowest BCUT2D eigenvalue weighted by atomic mass is 10.1. The van der Waals surface area contributed by atoms with E-state index < -0.39 is 5.91 Å². The van der Waals surface area contributed by atoms with Gasteiger partial charge < -0.3 is 18.8 Å². The van der Waals surface area contributed by atoms with Crippen molar-refractivity contribution in [2.24, 2.45) is 4.99 Å². The smallest absolute Gasteiger partial charge is 0.286 e. The molecule has 4 rings (SSSR count). The number of carbonyl (C=O) groups excluding carboxylic acids is 1. The summed E-state index contributed by atoms with van der Waals surface area (Å²) in [7, 11) is 3.15. The number of hydrogen-bond acceptors (Lipinski definition) is 5. The third-order valence-electron chi connectivity index (χ3n) is 4.74. The second-order valence-electron chi connectivity index (χ2n) is 6.65. The molecular weight excluding hydrogens is 412 g/mol. The third-order valence-corrected chi connectivity index (χ3v) is 5.78. The average molecular weight is 433 g/mol. The zero-order valence-electron chi connectivity index (χ0n) is 17.1. The average Bonchev–Trinajstić information content (AvgIpc) is 3.12. The van der Waals surface area contributed by atoms with E-state index in [1.165, 1.54) is 11.3 Å². The standard InChI is InChI=1S/C24H20N2O4S/c1-4-11-26-19-13-20(28-2)21(29-3)14-22(19)31-24(26)25-23(27)15-30-18-10-9-16-7-5-6-8-17(16)12-18/h1,5-10,12-14H,11,15H2,2-3H3. The minimum absolute atomic E-state index is 0.171. The van der Waals surface area contributed by atoms with E-state index in [-0.39, 0.29) is 13.2 Å². The van der Waals surface area contributed by atoms with E-state index in [4.69, 9.17) is 20.6 Å². The van der Waals surface area contributed by atoms with Crippen LogP contribution in [0, 0.1) is 12.3 Å². The molecule has 0 saturated carbocycles. The van der Waals surface area contributed by atoms with E-state index in [0.29, 0.717) is 22.0 Å². The van der Waals surface area contributed by atoms with E-state index in [9.17, 15) is 4.79 Å². The molecule has 0 aliphatic rings. The molecule has 1 heterocycles. The summed E-state index contributed by atoms with van der Waals surface area (Å²) in [6.45, 7) is 0.0996. The van der Waals surface area contributed by atoms with Crippen LogP contribution in [0.4, 0.5) is 0 Å².